The van der Waals surface area contributed by atoms with Crippen LogP contribution >= 0.6 is 11.8 Å². The summed E-state index contributed by atoms with van der Waals surface area (Å²) in [4.78, 5) is 4.04. The Kier molecular flexibility index (Phi) is 7.08. The van der Waals surface area contributed by atoms with Gasteiger partial charge in [0.05, 0.1) is 0 Å². The molecule has 3 heteroatoms. The molecule has 0 aliphatic carbocycles. The zero-order chi connectivity index (χ0) is 15.1. The third-order valence-corrected chi connectivity index (χ3v) is 5.35. The highest BCUT2D eigenvalue weighted by Gasteiger charge is 2.21. The molecule has 0 aromatic heterocycles. The van der Waals surface area contributed by atoms with Gasteiger partial charge in [-0.15, -0.1) is 11.8 Å². The lowest BCUT2D eigenvalue weighted by Crippen LogP contribution is -2.37. The van der Waals surface area contributed by atoms with Crippen LogP contribution in [0.2, 0.25) is 0 Å². The summed E-state index contributed by atoms with van der Waals surface area (Å²) in [6.07, 6.45) is 6.04. The van der Waals surface area contributed by atoms with Crippen molar-refractivity contribution in [2.45, 2.75) is 44.0 Å². The molecule has 1 aromatic carbocycles. The van der Waals surface area contributed by atoms with Gasteiger partial charge in [-0.2, -0.15) is 0 Å². The molecule has 1 aliphatic heterocycles. The van der Waals surface area contributed by atoms with Crippen LogP contribution in [0.25, 0.3) is 0 Å². The third-order valence-electron chi connectivity index (χ3n) is 4.61. The Bertz CT molecular complexity index is 398. The molecule has 0 spiro atoms. The summed E-state index contributed by atoms with van der Waals surface area (Å²) >= 11 is 1.82. The van der Waals surface area contributed by atoms with Crippen LogP contribution in [-0.2, 0) is 0 Å². The van der Waals surface area contributed by atoms with Crippen molar-refractivity contribution in [1.29, 1.82) is 0 Å². The first-order valence-electron chi connectivity index (χ1n) is 8.33. The molecule has 2 rings (SSSR count). The van der Waals surface area contributed by atoms with Crippen LogP contribution in [0.3, 0.4) is 0 Å². The maximum absolute atomic E-state index is 3.47. The molecule has 1 fully saturated rings. The van der Waals surface area contributed by atoms with Crippen molar-refractivity contribution in [3.63, 3.8) is 0 Å². The van der Waals surface area contributed by atoms with E-state index in [-0.39, 0.29) is 0 Å². The van der Waals surface area contributed by atoms with E-state index in [1.54, 1.807) is 0 Å². The molecular formula is C18H30N2S. The van der Waals surface area contributed by atoms with Crippen molar-refractivity contribution >= 4 is 11.8 Å². The van der Waals surface area contributed by atoms with Crippen molar-refractivity contribution < 1.29 is 0 Å². The quantitative estimate of drug-likeness (QED) is 0.761. The lowest BCUT2D eigenvalue weighted by Gasteiger charge is -2.34. The minimum Gasteiger partial charge on any atom is -0.317 e. The van der Waals surface area contributed by atoms with Crippen molar-refractivity contribution in [2.75, 3.05) is 32.4 Å². The molecule has 0 bridgehead atoms. The molecule has 1 aliphatic rings. The molecule has 0 radical (unpaired) electrons. The largest absolute Gasteiger partial charge is 0.317 e. The Hall–Kier alpha value is -0.510. The number of piperidine rings is 1. The smallest absolute Gasteiger partial charge is 0.0320 e. The molecular weight excluding hydrogens is 276 g/mol. The summed E-state index contributed by atoms with van der Waals surface area (Å²) in [5.41, 5.74) is 1.45. The second kappa shape index (κ2) is 8.82. The van der Waals surface area contributed by atoms with Crippen LogP contribution in [0.4, 0.5) is 0 Å². The van der Waals surface area contributed by atoms with E-state index in [1.807, 2.05) is 11.8 Å². The Balaban J connectivity index is 2.00. The van der Waals surface area contributed by atoms with Crippen LogP contribution in [0, 0.1) is 5.92 Å². The predicted octanol–water partition coefficient (Wildman–Crippen LogP) is 4.18. The molecule has 2 nitrogen and oxygen atoms in total. The van der Waals surface area contributed by atoms with Crippen molar-refractivity contribution in [3.8, 4) is 0 Å². The van der Waals surface area contributed by atoms with Crippen molar-refractivity contribution in [2.24, 2.45) is 5.92 Å². The molecule has 118 valence electrons. The maximum atomic E-state index is 3.47. The summed E-state index contributed by atoms with van der Waals surface area (Å²) in [7, 11) is 0. The van der Waals surface area contributed by atoms with E-state index in [2.05, 4.69) is 54.6 Å². The number of nitrogens with zero attached hydrogens (tertiary/aromatic N) is 1. The van der Waals surface area contributed by atoms with Crippen LogP contribution in [-0.4, -0.2) is 37.3 Å². The highest BCUT2D eigenvalue weighted by molar-refractivity contribution is 7.98. The van der Waals surface area contributed by atoms with Gasteiger partial charge < -0.3 is 5.32 Å². The Morgan fingerprint density at radius 2 is 1.90 bits per heavy atom. The molecule has 21 heavy (non-hydrogen) atoms. The number of thioether (sulfide) groups is 1. The predicted molar refractivity (Wildman–Crippen MR) is 94.1 cm³/mol. The number of nitrogens with one attached hydrogen (secondary N) is 1. The van der Waals surface area contributed by atoms with Crippen LogP contribution in [0.15, 0.2) is 29.2 Å². The molecule has 1 saturated heterocycles. The first-order valence-corrected chi connectivity index (χ1v) is 9.55. The lowest BCUT2D eigenvalue weighted by molar-refractivity contribution is 0.161. The second-order valence-corrected chi connectivity index (χ2v) is 7.02. The highest BCUT2D eigenvalue weighted by Crippen LogP contribution is 2.25. The first-order chi connectivity index (χ1) is 10.2. The van der Waals surface area contributed by atoms with Gasteiger partial charge in [-0.25, -0.2) is 0 Å². The average molecular weight is 307 g/mol. The summed E-state index contributed by atoms with van der Waals surface area (Å²) < 4.78 is 0. The second-order valence-electron chi connectivity index (χ2n) is 6.14. The number of rotatable bonds is 7. The molecule has 1 unspecified atom stereocenters. The maximum Gasteiger partial charge on any atom is 0.0320 e. The number of hydrogen-bond acceptors (Lipinski definition) is 3. The van der Waals surface area contributed by atoms with Crippen LogP contribution < -0.4 is 5.32 Å². The Morgan fingerprint density at radius 1 is 1.24 bits per heavy atom. The first kappa shape index (κ1) is 16.9. The van der Waals surface area contributed by atoms with E-state index in [0.717, 1.165) is 5.92 Å². The highest BCUT2D eigenvalue weighted by atomic mass is 32.2. The van der Waals surface area contributed by atoms with Gasteiger partial charge in [-0.1, -0.05) is 19.1 Å². The molecule has 1 N–H and O–H groups in total. The van der Waals surface area contributed by atoms with E-state index in [4.69, 9.17) is 0 Å². The topological polar surface area (TPSA) is 15.3 Å². The summed E-state index contributed by atoms with van der Waals surface area (Å²) in [6, 6.07) is 9.65. The van der Waals surface area contributed by atoms with Gasteiger partial charge >= 0.3 is 0 Å². The Morgan fingerprint density at radius 3 is 2.48 bits per heavy atom. The number of benzene rings is 1. The zero-order valence-electron chi connectivity index (χ0n) is 13.8. The van der Waals surface area contributed by atoms with Gasteiger partial charge in [0.25, 0.3) is 0 Å². The average Bonchev–Trinajstić information content (AvgIpc) is 2.55. The fourth-order valence-electron chi connectivity index (χ4n) is 3.22. The summed E-state index contributed by atoms with van der Waals surface area (Å²) in [5, 5.41) is 3.47. The van der Waals surface area contributed by atoms with Crippen molar-refractivity contribution in [3.05, 3.63) is 29.8 Å². The monoisotopic (exact) mass is 306 g/mol. The molecule has 1 aromatic rings. The van der Waals surface area contributed by atoms with E-state index < -0.39 is 0 Å². The van der Waals surface area contributed by atoms with Gasteiger partial charge in [0, 0.05) is 17.5 Å². The number of hydrogen-bond donors (Lipinski definition) is 1. The lowest BCUT2D eigenvalue weighted by atomic mass is 9.96. The summed E-state index contributed by atoms with van der Waals surface area (Å²) in [6.45, 7) is 9.50. The standard InChI is InChI=1S/C18H30N2S/c1-4-13-20(14-16-9-11-19-12-10-16)15(2)17-5-7-18(21-3)8-6-17/h5-8,15-16,19H,4,9-14H2,1-3H3. The molecule has 0 amide bonds. The van der Waals surface area contributed by atoms with Crippen LogP contribution in [0.5, 0.6) is 0 Å². The molecule has 0 saturated carbocycles. The third kappa shape index (κ3) is 5.01. The van der Waals surface area contributed by atoms with Gasteiger partial charge in [0.2, 0.25) is 0 Å². The van der Waals surface area contributed by atoms with Gasteiger partial charge in [0.1, 0.15) is 0 Å². The van der Waals surface area contributed by atoms with E-state index in [9.17, 15) is 0 Å². The molecule has 1 atom stereocenters. The molecule has 1 heterocycles. The zero-order valence-corrected chi connectivity index (χ0v) is 14.6. The fraction of sp³-hybridized carbons (Fsp3) is 0.667. The summed E-state index contributed by atoms with van der Waals surface area (Å²) in [5.74, 6) is 0.866. The normalized spacial score (nSPS) is 18.1. The van der Waals surface area contributed by atoms with Gasteiger partial charge in [-0.3, -0.25) is 4.90 Å². The minimum atomic E-state index is 0.524. The fourth-order valence-corrected chi connectivity index (χ4v) is 3.63. The van der Waals surface area contributed by atoms with E-state index in [1.165, 1.54) is 55.9 Å². The SMILES string of the molecule is CCCN(CC1CCNCC1)C(C)c1ccc(SC)cc1. The van der Waals surface area contributed by atoms with E-state index in [0.29, 0.717) is 6.04 Å². The van der Waals surface area contributed by atoms with Crippen LogP contribution in [0.1, 0.15) is 44.7 Å². The van der Waals surface area contributed by atoms with Crippen molar-refractivity contribution in [1.82, 2.24) is 10.2 Å². The minimum absolute atomic E-state index is 0.524. The van der Waals surface area contributed by atoms with Gasteiger partial charge in [-0.05, 0) is 75.7 Å². The van der Waals surface area contributed by atoms with Gasteiger partial charge in [0.15, 0.2) is 0 Å². The van der Waals surface area contributed by atoms with E-state index >= 15 is 0 Å². The Labute approximate surface area is 134 Å².